The third-order valence-corrected chi connectivity index (χ3v) is 3.96. The highest BCUT2D eigenvalue weighted by Crippen LogP contribution is 2.48. The highest BCUT2D eigenvalue weighted by atomic mass is 16.6. The van der Waals surface area contributed by atoms with Crippen LogP contribution in [0.15, 0.2) is 60.7 Å². The predicted molar refractivity (Wildman–Crippen MR) is 84.1 cm³/mol. The van der Waals surface area contributed by atoms with E-state index in [0.717, 1.165) is 11.1 Å². The van der Waals surface area contributed by atoms with Gasteiger partial charge in [-0.2, -0.15) is 0 Å². The molecule has 0 radical (unpaired) electrons. The molecular formula is C19H18O4. The topological polar surface area (TPSA) is 52.6 Å². The van der Waals surface area contributed by atoms with Gasteiger partial charge >= 0.3 is 11.9 Å². The van der Waals surface area contributed by atoms with Crippen molar-refractivity contribution >= 4 is 11.9 Å². The minimum atomic E-state index is -1.09. The number of rotatable bonds is 6. The lowest BCUT2D eigenvalue weighted by Crippen LogP contribution is -2.29. The van der Waals surface area contributed by atoms with Crippen LogP contribution in [0.3, 0.4) is 0 Å². The van der Waals surface area contributed by atoms with Crippen LogP contribution in [-0.2, 0) is 32.3 Å². The van der Waals surface area contributed by atoms with Crippen molar-refractivity contribution in [2.45, 2.75) is 26.1 Å². The molecule has 0 amide bonds. The second-order valence-electron chi connectivity index (χ2n) is 5.71. The maximum atomic E-state index is 12.2. The number of hydrogen-bond acceptors (Lipinski definition) is 4. The Morgan fingerprint density at radius 3 is 1.48 bits per heavy atom. The smallest absolute Gasteiger partial charge is 0.323 e. The summed E-state index contributed by atoms with van der Waals surface area (Å²) in [7, 11) is 0. The van der Waals surface area contributed by atoms with Gasteiger partial charge in [0.1, 0.15) is 13.2 Å². The third kappa shape index (κ3) is 3.59. The zero-order valence-corrected chi connectivity index (χ0v) is 12.7. The first kappa shape index (κ1) is 15.3. The van der Waals surface area contributed by atoms with E-state index in [1.165, 1.54) is 0 Å². The summed E-state index contributed by atoms with van der Waals surface area (Å²) < 4.78 is 10.6. The average Bonchev–Trinajstić information content (AvgIpc) is 3.41. The molecule has 0 N–H and O–H groups in total. The summed E-state index contributed by atoms with van der Waals surface area (Å²) in [6, 6.07) is 18.8. The number of carbonyl (C=O) groups excluding carboxylic acids is 2. The Hall–Kier alpha value is -2.62. The van der Waals surface area contributed by atoms with E-state index in [4.69, 9.17) is 9.47 Å². The van der Waals surface area contributed by atoms with Crippen molar-refractivity contribution in [3.8, 4) is 0 Å². The molecule has 4 heteroatoms. The monoisotopic (exact) mass is 310 g/mol. The van der Waals surface area contributed by atoms with Crippen LogP contribution in [-0.4, -0.2) is 11.9 Å². The van der Waals surface area contributed by atoms with E-state index in [1.807, 2.05) is 60.7 Å². The van der Waals surface area contributed by atoms with Crippen LogP contribution in [0.25, 0.3) is 0 Å². The van der Waals surface area contributed by atoms with Gasteiger partial charge < -0.3 is 9.47 Å². The highest BCUT2D eigenvalue weighted by molar-refractivity contribution is 6.03. The van der Waals surface area contributed by atoms with Gasteiger partial charge in [0, 0.05) is 0 Å². The molecule has 1 saturated carbocycles. The van der Waals surface area contributed by atoms with E-state index in [1.54, 1.807) is 0 Å². The average molecular weight is 310 g/mol. The molecule has 2 aromatic carbocycles. The molecule has 0 heterocycles. The first-order valence-corrected chi connectivity index (χ1v) is 7.63. The lowest BCUT2D eigenvalue weighted by atomic mass is 10.1. The van der Waals surface area contributed by atoms with Gasteiger partial charge in [-0.25, -0.2) is 0 Å². The van der Waals surface area contributed by atoms with Gasteiger partial charge in [-0.05, 0) is 24.0 Å². The van der Waals surface area contributed by atoms with Crippen LogP contribution in [0.4, 0.5) is 0 Å². The summed E-state index contributed by atoms with van der Waals surface area (Å²) >= 11 is 0. The van der Waals surface area contributed by atoms with Crippen LogP contribution in [0.1, 0.15) is 24.0 Å². The molecule has 23 heavy (non-hydrogen) atoms. The van der Waals surface area contributed by atoms with Crippen LogP contribution >= 0.6 is 0 Å². The lowest BCUT2D eigenvalue weighted by molar-refractivity contribution is -0.166. The molecular weight excluding hydrogens is 292 g/mol. The SMILES string of the molecule is O=C(OCc1ccccc1)C1(C(=O)OCc2ccccc2)CC1. The molecule has 3 rings (SSSR count). The molecule has 0 aliphatic heterocycles. The van der Waals surface area contributed by atoms with Gasteiger partial charge in [0.2, 0.25) is 0 Å². The highest BCUT2D eigenvalue weighted by Gasteiger charge is 2.59. The van der Waals surface area contributed by atoms with Crippen molar-refractivity contribution < 1.29 is 19.1 Å². The first-order chi connectivity index (χ1) is 11.2. The molecule has 0 saturated heterocycles. The minimum absolute atomic E-state index is 0.174. The molecule has 0 atom stereocenters. The van der Waals surface area contributed by atoms with Crippen LogP contribution < -0.4 is 0 Å². The fourth-order valence-corrected chi connectivity index (χ4v) is 2.34. The molecule has 2 aromatic rings. The second-order valence-corrected chi connectivity index (χ2v) is 5.71. The molecule has 0 aromatic heterocycles. The summed E-state index contributed by atoms with van der Waals surface area (Å²) in [5.74, 6) is -0.973. The maximum Gasteiger partial charge on any atom is 0.323 e. The lowest BCUT2D eigenvalue weighted by Gasteiger charge is -2.14. The molecule has 1 fully saturated rings. The fraction of sp³-hybridized carbons (Fsp3) is 0.263. The molecule has 1 aliphatic carbocycles. The van der Waals surface area contributed by atoms with Gasteiger partial charge in [0.05, 0.1) is 0 Å². The third-order valence-electron chi connectivity index (χ3n) is 3.96. The van der Waals surface area contributed by atoms with Crippen LogP contribution in [0.5, 0.6) is 0 Å². The van der Waals surface area contributed by atoms with Gasteiger partial charge in [0.25, 0.3) is 0 Å². The number of esters is 2. The Labute approximate surface area is 135 Å². The van der Waals surface area contributed by atoms with Crippen molar-refractivity contribution in [1.82, 2.24) is 0 Å². The molecule has 1 aliphatic rings. The van der Waals surface area contributed by atoms with Gasteiger partial charge in [0.15, 0.2) is 5.41 Å². The Bertz CT molecular complexity index is 618. The van der Waals surface area contributed by atoms with Crippen molar-refractivity contribution in [2.24, 2.45) is 5.41 Å². The molecule has 4 nitrogen and oxygen atoms in total. The van der Waals surface area contributed by atoms with Gasteiger partial charge in [-0.1, -0.05) is 60.7 Å². The second kappa shape index (κ2) is 6.65. The molecule has 0 bridgehead atoms. The van der Waals surface area contributed by atoms with Crippen molar-refractivity contribution in [2.75, 3.05) is 0 Å². The van der Waals surface area contributed by atoms with E-state index in [0.29, 0.717) is 12.8 Å². The number of carbonyl (C=O) groups is 2. The number of ether oxygens (including phenoxy) is 2. The normalized spacial score (nSPS) is 14.8. The van der Waals surface area contributed by atoms with Gasteiger partial charge in [-0.3, -0.25) is 9.59 Å². The van der Waals surface area contributed by atoms with E-state index in [9.17, 15) is 9.59 Å². The van der Waals surface area contributed by atoms with Crippen molar-refractivity contribution in [3.63, 3.8) is 0 Å². The fourth-order valence-electron chi connectivity index (χ4n) is 2.34. The standard InChI is InChI=1S/C19H18O4/c20-17(22-13-15-7-3-1-4-8-15)19(11-12-19)18(21)23-14-16-9-5-2-6-10-16/h1-10H,11-14H2. The zero-order chi connectivity index (χ0) is 16.1. The molecule has 0 unspecified atom stereocenters. The summed E-state index contributed by atoms with van der Waals surface area (Å²) in [6.07, 6.45) is 0.989. The van der Waals surface area contributed by atoms with E-state index in [-0.39, 0.29) is 13.2 Å². The Morgan fingerprint density at radius 1 is 0.739 bits per heavy atom. The predicted octanol–water partition coefficient (Wildman–Crippen LogP) is 3.25. The molecule has 118 valence electrons. The van der Waals surface area contributed by atoms with Crippen LogP contribution in [0.2, 0.25) is 0 Å². The van der Waals surface area contributed by atoms with E-state index >= 15 is 0 Å². The van der Waals surface area contributed by atoms with E-state index < -0.39 is 17.4 Å². The first-order valence-electron chi connectivity index (χ1n) is 7.63. The summed E-state index contributed by atoms with van der Waals surface area (Å²) in [6.45, 7) is 0.348. The Morgan fingerprint density at radius 2 is 1.13 bits per heavy atom. The van der Waals surface area contributed by atoms with Gasteiger partial charge in [-0.15, -0.1) is 0 Å². The zero-order valence-electron chi connectivity index (χ0n) is 12.7. The van der Waals surface area contributed by atoms with Crippen molar-refractivity contribution in [3.05, 3.63) is 71.8 Å². The van der Waals surface area contributed by atoms with Crippen molar-refractivity contribution in [1.29, 1.82) is 0 Å². The quantitative estimate of drug-likeness (QED) is 0.607. The summed E-state index contributed by atoms with van der Waals surface area (Å²) in [5.41, 5.74) is 0.701. The summed E-state index contributed by atoms with van der Waals surface area (Å²) in [5, 5.41) is 0. The Kier molecular flexibility index (Phi) is 4.42. The summed E-state index contributed by atoms with van der Waals surface area (Å²) in [4.78, 5) is 24.5. The minimum Gasteiger partial charge on any atom is -0.460 e. The largest absolute Gasteiger partial charge is 0.460 e. The Balaban J connectivity index is 1.53. The number of benzene rings is 2. The van der Waals surface area contributed by atoms with Crippen LogP contribution in [0, 0.1) is 5.41 Å². The van der Waals surface area contributed by atoms with E-state index in [2.05, 4.69) is 0 Å². The maximum absolute atomic E-state index is 12.2. The number of hydrogen-bond donors (Lipinski definition) is 0. The molecule has 0 spiro atoms.